The smallest absolute Gasteiger partial charge is 0.204 e. The van der Waals surface area contributed by atoms with Crippen molar-refractivity contribution in [2.45, 2.75) is 32.0 Å². The highest BCUT2D eigenvalue weighted by atomic mass is 19.1. The highest BCUT2D eigenvalue weighted by Gasteiger charge is 2.21. The number of aliphatic hydroxyl groups excluding tert-OH is 1. The number of piperidine rings is 1. The van der Waals surface area contributed by atoms with E-state index in [0.29, 0.717) is 24.9 Å². The summed E-state index contributed by atoms with van der Waals surface area (Å²) in [7, 11) is 0. The number of fused-ring (bicyclic) bond motifs is 2. The largest absolute Gasteiger partial charge is 0.395 e. The van der Waals surface area contributed by atoms with Crippen LogP contribution in [0.5, 0.6) is 0 Å². The van der Waals surface area contributed by atoms with Crippen LogP contribution in [-0.2, 0) is 13.1 Å². The van der Waals surface area contributed by atoms with Crippen LogP contribution in [0, 0.1) is 5.82 Å². The number of nitrogens with zero attached hydrogens (tertiary/aromatic N) is 7. The molecule has 11 heteroatoms. The van der Waals surface area contributed by atoms with E-state index in [0.717, 1.165) is 72.7 Å². The lowest BCUT2D eigenvalue weighted by Crippen LogP contribution is -2.41. The van der Waals surface area contributed by atoms with Crippen LogP contribution in [0.2, 0.25) is 0 Å². The lowest BCUT2D eigenvalue weighted by atomic mass is 10.1. The summed E-state index contributed by atoms with van der Waals surface area (Å²) >= 11 is 0. The molecule has 2 aromatic carbocycles. The van der Waals surface area contributed by atoms with Crippen LogP contribution < -0.4 is 10.6 Å². The van der Waals surface area contributed by atoms with Gasteiger partial charge in [-0.15, -0.1) is 0 Å². The van der Waals surface area contributed by atoms with E-state index in [1.54, 1.807) is 6.33 Å². The summed E-state index contributed by atoms with van der Waals surface area (Å²) in [6.07, 6.45) is 5.25. The number of hydrogen-bond donors (Lipinski definition) is 3. The van der Waals surface area contributed by atoms with Crippen molar-refractivity contribution in [3.05, 3.63) is 72.6 Å². The molecule has 6 rings (SSSR count). The van der Waals surface area contributed by atoms with Gasteiger partial charge in [-0.25, -0.2) is 24.3 Å². The number of likely N-dealkylation sites (tertiary alicyclic amines) is 1. The van der Waals surface area contributed by atoms with E-state index in [4.69, 9.17) is 4.98 Å². The van der Waals surface area contributed by atoms with Gasteiger partial charge in [0, 0.05) is 38.8 Å². The third-order valence-electron chi connectivity index (χ3n) is 7.29. The first kappa shape index (κ1) is 25.2. The number of nitrogens with one attached hydrogen (secondary N) is 2. The van der Waals surface area contributed by atoms with Gasteiger partial charge in [0.2, 0.25) is 5.95 Å². The molecule has 0 bridgehead atoms. The minimum absolute atomic E-state index is 0.0373. The molecule has 0 spiro atoms. The molecule has 0 saturated carbocycles. The normalized spacial score (nSPS) is 14.8. The molecule has 0 aliphatic carbocycles. The maximum absolute atomic E-state index is 13.4. The average molecular weight is 530 g/mol. The van der Waals surface area contributed by atoms with E-state index < -0.39 is 0 Å². The van der Waals surface area contributed by atoms with Gasteiger partial charge >= 0.3 is 0 Å². The number of halogens is 1. The number of aliphatic hydroxyl groups is 1. The minimum Gasteiger partial charge on any atom is -0.395 e. The molecular formula is C28H32FN9O. The zero-order valence-corrected chi connectivity index (χ0v) is 21.7. The van der Waals surface area contributed by atoms with Gasteiger partial charge in [0.25, 0.3) is 0 Å². The number of para-hydroxylation sites is 2. The van der Waals surface area contributed by atoms with Gasteiger partial charge in [-0.1, -0.05) is 24.3 Å². The lowest BCUT2D eigenvalue weighted by molar-refractivity contribution is 0.226. The Labute approximate surface area is 225 Å². The topological polar surface area (TPSA) is 109 Å². The first-order valence-electron chi connectivity index (χ1n) is 13.4. The van der Waals surface area contributed by atoms with Crippen molar-refractivity contribution < 1.29 is 9.50 Å². The van der Waals surface area contributed by atoms with Crippen LogP contribution >= 0.6 is 0 Å². The summed E-state index contributed by atoms with van der Waals surface area (Å²) in [6, 6.07) is 15.1. The molecule has 1 aliphatic heterocycles. The number of benzene rings is 2. The molecule has 0 unspecified atom stereocenters. The second-order valence-corrected chi connectivity index (χ2v) is 9.88. The zero-order chi connectivity index (χ0) is 26.6. The van der Waals surface area contributed by atoms with E-state index in [2.05, 4.69) is 41.1 Å². The molecule has 0 atom stereocenters. The Morgan fingerprint density at radius 1 is 0.974 bits per heavy atom. The first-order chi connectivity index (χ1) is 19.2. The van der Waals surface area contributed by atoms with Gasteiger partial charge in [-0.2, -0.15) is 0 Å². The Morgan fingerprint density at radius 3 is 2.62 bits per heavy atom. The van der Waals surface area contributed by atoms with Gasteiger partial charge < -0.3 is 29.8 Å². The van der Waals surface area contributed by atoms with E-state index in [-0.39, 0.29) is 12.4 Å². The highest BCUT2D eigenvalue weighted by Crippen LogP contribution is 2.24. The number of anilines is 2. The molecule has 3 aromatic heterocycles. The second kappa shape index (κ2) is 11.3. The zero-order valence-electron chi connectivity index (χ0n) is 21.7. The Balaban J connectivity index is 1.05. The molecule has 10 nitrogen and oxygen atoms in total. The Morgan fingerprint density at radius 2 is 1.79 bits per heavy atom. The molecular weight excluding hydrogens is 497 g/mol. The number of hydrogen-bond acceptors (Lipinski definition) is 8. The van der Waals surface area contributed by atoms with E-state index in [9.17, 15) is 9.50 Å². The van der Waals surface area contributed by atoms with Crippen LogP contribution in [-0.4, -0.2) is 77.9 Å². The van der Waals surface area contributed by atoms with Gasteiger partial charge in [-0.3, -0.25) is 0 Å². The van der Waals surface area contributed by atoms with Crippen molar-refractivity contribution in [2.24, 2.45) is 0 Å². The summed E-state index contributed by atoms with van der Waals surface area (Å²) in [6.45, 7) is 4.75. The molecule has 1 saturated heterocycles. The van der Waals surface area contributed by atoms with Crippen LogP contribution in [0.4, 0.5) is 16.2 Å². The van der Waals surface area contributed by atoms with Gasteiger partial charge in [0.15, 0.2) is 11.5 Å². The van der Waals surface area contributed by atoms with Crippen molar-refractivity contribution in [3.63, 3.8) is 0 Å². The van der Waals surface area contributed by atoms with Gasteiger partial charge in [-0.05, 0) is 42.7 Å². The maximum Gasteiger partial charge on any atom is 0.204 e. The van der Waals surface area contributed by atoms with Crippen molar-refractivity contribution in [1.29, 1.82) is 0 Å². The Kier molecular flexibility index (Phi) is 7.33. The predicted octanol–water partition coefficient (Wildman–Crippen LogP) is 3.34. The molecule has 5 aromatic rings. The van der Waals surface area contributed by atoms with Crippen LogP contribution in [0.1, 0.15) is 18.4 Å². The number of rotatable bonds is 10. The quantitative estimate of drug-likeness (QED) is 0.253. The Bertz CT molecular complexity index is 1540. The predicted molar refractivity (Wildman–Crippen MR) is 149 cm³/mol. The summed E-state index contributed by atoms with van der Waals surface area (Å²) in [4.78, 5) is 20.4. The molecule has 1 aliphatic rings. The summed E-state index contributed by atoms with van der Waals surface area (Å²) in [5.41, 5.74) is 4.49. The van der Waals surface area contributed by atoms with Crippen molar-refractivity contribution in [3.8, 4) is 0 Å². The van der Waals surface area contributed by atoms with Crippen molar-refractivity contribution in [1.82, 2.24) is 34.0 Å². The fraction of sp³-hybridized carbons (Fsp3) is 0.357. The summed E-state index contributed by atoms with van der Waals surface area (Å²) < 4.78 is 17.4. The number of imidazole rings is 2. The van der Waals surface area contributed by atoms with Crippen LogP contribution in [0.3, 0.4) is 0 Å². The Hall–Kier alpha value is -4.09. The minimum atomic E-state index is -0.228. The first-order valence-corrected chi connectivity index (χ1v) is 13.4. The third-order valence-corrected chi connectivity index (χ3v) is 7.29. The van der Waals surface area contributed by atoms with Gasteiger partial charge in [0.05, 0.1) is 30.5 Å². The molecule has 202 valence electrons. The summed E-state index contributed by atoms with van der Waals surface area (Å²) in [5, 5.41) is 16.3. The lowest BCUT2D eigenvalue weighted by Gasteiger charge is -2.32. The van der Waals surface area contributed by atoms with Gasteiger partial charge in [0.1, 0.15) is 17.7 Å². The number of aromatic nitrogens is 6. The second-order valence-electron chi connectivity index (χ2n) is 9.88. The van der Waals surface area contributed by atoms with Crippen molar-refractivity contribution >= 4 is 34.0 Å². The molecule has 0 radical (unpaired) electrons. The highest BCUT2D eigenvalue weighted by molar-refractivity contribution is 5.82. The summed E-state index contributed by atoms with van der Waals surface area (Å²) in [5.74, 6) is 1.34. The van der Waals surface area contributed by atoms with Crippen molar-refractivity contribution in [2.75, 3.05) is 43.4 Å². The van der Waals surface area contributed by atoms with E-state index in [1.807, 2.05) is 34.9 Å². The fourth-order valence-electron chi connectivity index (χ4n) is 5.22. The molecule has 1 fully saturated rings. The monoisotopic (exact) mass is 529 g/mol. The third kappa shape index (κ3) is 5.55. The average Bonchev–Trinajstić information content (AvgIpc) is 3.53. The molecule has 3 N–H and O–H groups in total. The molecule has 39 heavy (non-hydrogen) atoms. The standard InChI is InChI=1S/C28H32FN9O/c29-21-7-5-20(6-8-21)17-38-24-4-2-1-3-23(24)35-28(38)34-22-9-12-36(13-10-22)14-11-30-26-25-27(32-18-31-26)37(15-16-39)19-33-25/h1-8,18-19,22,39H,9-17H2,(H,34,35)(H,30,31,32). The van der Waals surface area contributed by atoms with E-state index in [1.165, 1.54) is 18.5 Å². The van der Waals surface area contributed by atoms with E-state index >= 15 is 0 Å². The fourth-order valence-corrected chi connectivity index (χ4v) is 5.22. The maximum atomic E-state index is 13.4. The van der Waals surface area contributed by atoms with Crippen LogP contribution in [0.15, 0.2) is 61.2 Å². The molecule has 0 amide bonds. The SMILES string of the molecule is OCCn1cnc2c(NCCN3CCC(Nc4nc5ccccc5n4Cc4ccc(F)cc4)CC3)ncnc21. The molecule has 4 heterocycles. The van der Waals surface area contributed by atoms with Crippen LogP contribution in [0.25, 0.3) is 22.2 Å².